The number of sulfonamides is 2. The molecule has 28 nitrogen and oxygen atoms in total. The lowest BCUT2D eigenvalue weighted by molar-refractivity contribution is -0.386. The van der Waals surface area contributed by atoms with Crippen LogP contribution in [0, 0.1) is 48.3 Å². The molecule has 4 aromatic heterocycles. The lowest BCUT2D eigenvalue weighted by Gasteiger charge is -2.39. The van der Waals surface area contributed by atoms with Crippen LogP contribution in [0.5, 0.6) is 34.5 Å². The maximum atomic E-state index is 14.1. The number of rotatable bonds is 26. The van der Waals surface area contributed by atoms with Gasteiger partial charge in [0.1, 0.15) is 45.8 Å². The molecule has 32 heteroatoms. The second-order valence-corrected chi connectivity index (χ2v) is 42.2. The minimum absolute atomic E-state index is 0.0326. The Bertz CT molecular complexity index is 6190. The van der Waals surface area contributed by atoms with Gasteiger partial charge in [-0.1, -0.05) is 100 Å². The number of likely N-dealkylation sites (tertiary alicyclic amines) is 1. The first-order chi connectivity index (χ1) is 61.6. The quantitative estimate of drug-likeness (QED) is 0.0289. The van der Waals surface area contributed by atoms with E-state index in [-0.39, 0.29) is 68.2 Å². The van der Waals surface area contributed by atoms with Gasteiger partial charge >= 0.3 is 0 Å². The molecule has 6 aromatic carbocycles. The average molecular weight is 1830 g/mol. The number of nitro groups is 2. The molecule has 5 aliphatic heterocycles. The van der Waals surface area contributed by atoms with Crippen LogP contribution in [-0.2, 0) is 32.9 Å². The summed E-state index contributed by atoms with van der Waals surface area (Å²) >= 11 is 12.5. The summed E-state index contributed by atoms with van der Waals surface area (Å²) in [6, 6.07) is 38.3. The fourth-order valence-corrected chi connectivity index (χ4v) is 20.9. The number of aromatic amines is 2. The molecular formula is C97H112Cl2N14O14S2. The molecule has 7 aliphatic rings. The van der Waals surface area contributed by atoms with Crippen molar-refractivity contribution < 1.29 is 55.2 Å². The number of nitro benzene ring substituents is 2. The van der Waals surface area contributed by atoms with E-state index in [1.807, 2.05) is 55.4 Å². The molecule has 129 heavy (non-hydrogen) atoms. The highest BCUT2D eigenvalue weighted by molar-refractivity contribution is 7.90. The Kier molecular flexibility index (Phi) is 27.1. The SMILES string of the molecule is CC1(C)CCN(CC[C@H]2COc3cc(S(=O)(=O)NC(=O)c4ccc(N5CCN(CC6=C(c7ccc(Cl)cc7)CC(C)(C)CC6)CC5)cc4Oc4cnc5[nH]ccc5c4)cc([N+](=O)[O-])c3C2)CC1.CN(C)CC[C@H]1COc2cc(S(=O)(=O)NC(=O)c3ccc(N4CCN(CC5=C(c6ccc(Cl)cc6)CC(C)(C)CC5)CC4)cc3Oc3cnc4[nH]ccc4c3)cc([N+](=O)[O-])c2C1. The number of hydrogen-bond acceptors (Lipinski definition) is 22. The summed E-state index contributed by atoms with van der Waals surface area (Å²) < 4.78 is 84.6. The van der Waals surface area contributed by atoms with E-state index >= 15 is 0 Å². The van der Waals surface area contributed by atoms with Crippen molar-refractivity contribution in [2.45, 2.75) is 128 Å². The zero-order valence-corrected chi connectivity index (χ0v) is 77.4. The highest BCUT2D eigenvalue weighted by Crippen LogP contribution is 2.48. The molecule has 2 aliphatic carbocycles. The molecule has 10 aromatic rings. The number of piperidine rings is 1. The van der Waals surface area contributed by atoms with Crippen LogP contribution in [-0.4, -0.2) is 197 Å². The Labute approximate surface area is 763 Å². The topological polar surface area (TPSA) is 326 Å². The Hall–Kier alpha value is -11.0. The number of nitrogens with one attached hydrogen (secondary N) is 4. The third-order valence-corrected chi connectivity index (χ3v) is 29.6. The second kappa shape index (κ2) is 38.2. The number of benzene rings is 6. The van der Waals surface area contributed by atoms with Gasteiger partial charge in [-0.25, -0.2) is 36.2 Å². The standard InChI is InChI=1S/C51H60ClN7O7S.C46H52ClN7O7S/c1-50(2)15-19-56(20-16-50)18-13-34-25-43-45(59(61)62)28-41(29-46(43)65-33-34)67(63,64)55-49(60)42-10-9-39(27-47(42)66-40-26-36-12-17-53-48(36)54-31-40)58-23-21-57(22-24-58)32-37-11-14-51(3,4)30-44(37)35-5-7-38(52)8-6-35;1-46(2)14-11-33(40(26-46)31-5-7-34(47)8-6-31)28-52-17-19-53(20-18-52)35-9-10-38(43(23-35)61-36-22-32-12-15-48-44(32)49-27-36)45(55)50-62(58,59)37-24-41(54(56)57)39-21-30(13-16-51(3)4)29-60-42(39)25-37/h5-10,12,17,26-29,31,34H,11,13-16,18-25,30,32-33H2,1-4H3,(H,53,54)(H,55,60);5-10,12,15,22-25,27,30H,11,13-14,16-21,26,28-29H2,1-4H3,(H,48,49)(H,50,55)/t34-;30-/m11/s1. The summed E-state index contributed by atoms with van der Waals surface area (Å²) in [5, 5.41) is 27.7. The predicted molar refractivity (Wildman–Crippen MR) is 503 cm³/mol. The third-order valence-electron chi connectivity index (χ3n) is 26.5. The lowest BCUT2D eigenvalue weighted by atomic mass is 9.72. The number of hydrogen-bond donors (Lipinski definition) is 4. The summed E-state index contributed by atoms with van der Waals surface area (Å²) in [4.78, 5) is 79.6. The van der Waals surface area contributed by atoms with Gasteiger partial charge < -0.3 is 48.5 Å². The number of amides is 2. The van der Waals surface area contributed by atoms with Crippen LogP contribution >= 0.6 is 23.2 Å². The van der Waals surface area contributed by atoms with Gasteiger partial charge in [-0.15, -0.1) is 0 Å². The van der Waals surface area contributed by atoms with Crippen molar-refractivity contribution in [1.29, 1.82) is 0 Å². The summed E-state index contributed by atoms with van der Waals surface area (Å²) in [7, 11) is -5.33. The van der Waals surface area contributed by atoms with Crippen molar-refractivity contribution in [3.8, 4) is 34.5 Å². The monoisotopic (exact) mass is 1830 g/mol. The maximum absolute atomic E-state index is 14.1. The molecule has 0 bridgehead atoms. The predicted octanol–water partition coefficient (Wildman–Crippen LogP) is 18.2. The third kappa shape index (κ3) is 22.1. The second-order valence-electron chi connectivity index (χ2n) is 38.0. The van der Waals surface area contributed by atoms with Crippen LogP contribution in [0.4, 0.5) is 22.7 Å². The van der Waals surface area contributed by atoms with Gasteiger partial charge in [-0.05, 0) is 240 Å². The number of allylic oxidation sites excluding steroid dienone is 2. The van der Waals surface area contributed by atoms with E-state index in [0.29, 0.717) is 65.4 Å². The Morgan fingerprint density at radius 2 is 0.946 bits per heavy atom. The number of ether oxygens (including phenoxy) is 4. The van der Waals surface area contributed by atoms with Crippen LogP contribution < -0.4 is 38.2 Å². The molecule has 17 rings (SSSR count). The van der Waals surface area contributed by atoms with Crippen molar-refractivity contribution in [3.63, 3.8) is 0 Å². The number of anilines is 2. The molecule has 2 amide bonds. The molecule has 9 heterocycles. The van der Waals surface area contributed by atoms with Crippen LogP contribution in [0.2, 0.25) is 10.0 Å². The Morgan fingerprint density at radius 3 is 1.36 bits per heavy atom. The van der Waals surface area contributed by atoms with E-state index < -0.39 is 51.5 Å². The molecule has 2 atom stereocenters. The molecular weight excluding hydrogens is 1720 g/mol. The number of halogens is 2. The zero-order chi connectivity index (χ0) is 90.8. The van der Waals surface area contributed by atoms with Gasteiger partial charge in [0.05, 0.1) is 67.5 Å². The first-order valence-corrected chi connectivity index (χ1v) is 48.1. The van der Waals surface area contributed by atoms with E-state index in [0.717, 1.165) is 200 Å². The summed E-state index contributed by atoms with van der Waals surface area (Å²) in [5.74, 6) is -0.618. The van der Waals surface area contributed by atoms with E-state index in [2.05, 4.69) is 120 Å². The molecule has 0 spiro atoms. The van der Waals surface area contributed by atoms with Gasteiger partial charge in [0, 0.05) is 146 Å². The number of carbonyl (C=O) groups excluding carboxylic acids is 2. The smallest absolute Gasteiger partial charge is 0.277 e. The first-order valence-electron chi connectivity index (χ1n) is 44.4. The molecule has 0 saturated carbocycles. The Morgan fingerprint density at radius 1 is 0.527 bits per heavy atom. The fraction of sp³-hybridized carbons (Fsp3) is 0.423. The number of nitrogens with zero attached hydrogens (tertiary/aromatic N) is 10. The van der Waals surface area contributed by atoms with Crippen LogP contribution in [0.3, 0.4) is 0 Å². The number of aromatic nitrogens is 4. The van der Waals surface area contributed by atoms with E-state index in [1.54, 1.807) is 60.9 Å². The highest BCUT2D eigenvalue weighted by Gasteiger charge is 2.38. The van der Waals surface area contributed by atoms with E-state index in [4.69, 9.17) is 42.1 Å². The largest absolute Gasteiger partial charge is 0.493 e. The molecule has 3 saturated heterocycles. The van der Waals surface area contributed by atoms with Gasteiger partial charge in [0.15, 0.2) is 0 Å². The van der Waals surface area contributed by atoms with Crippen molar-refractivity contribution in [2.24, 2.45) is 28.1 Å². The van der Waals surface area contributed by atoms with Crippen molar-refractivity contribution >= 4 is 111 Å². The number of piperazine rings is 2. The summed E-state index contributed by atoms with van der Waals surface area (Å²) in [5.41, 5.74) is 11.9. The molecule has 3 fully saturated rings. The fourth-order valence-electron chi connectivity index (χ4n) is 18.6. The molecule has 0 unspecified atom stereocenters. The Balaban J connectivity index is 0.000000190. The van der Waals surface area contributed by atoms with Gasteiger partial charge in [-0.3, -0.25) is 39.6 Å². The van der Waals surface area contributed by atoms with E-state index in [1.165, 1.54) is 57.9 Å². The average Bonchev–Trinajstić information content (AvgIpc) is 1.21. The van der Waals surface area contributed by atoms with Gasteiger partial charge in [0.2, 0.25) is 0 Å². The van der Waals surface area contributed by atoms with Gasteiger partial charge in [-0.2, -0.15) is 0 Å². The number of fused-ring (bicyclic) bond motifs is 4. The van der Waals surface area contributed by atoms with Crippen LogP contribution in [0.25, 0.3) is 33.2 Å². The van der Waals surface area contributed by atoms with Crippen molar-refractivity contribution in [1.82, 2.24) is 49.0 Å². The minimum atomic E-state index is -4.62. The minimum Gasteiger partial charge on any atom is -0.493 e. The van der Waals surface area contributed by atoms with Crippen molar-refractivity contribution in [3.05, 3.63) is 233 Å². The normalized spacial score (nSPS) is 19.1. The lowest BCUT2D eigenvalue weighted by Crippen LogP contribution is -2.47. The molecule has 0 radical (unpaired) electrons. The zero-order valence-electron chi connectivity index (χ0n) is 74.2. The van der Waals surface area contributed by atoms with Crippen molar-refractivity contribution in [2.75, 3.05) is 129 Å². The summed E-state index contributed by atoms with van der Waals surface area (Å²) in [6.45, 7) is 26.2. The maximum Gasteiger partial charge on any atom is 0.277 e. The van der Waals surface area contributed by atoms with E-state index in [9.17, 15) is 46.7 Å². The van der Waals surface area contributed by atoms with Crippen LogP contribution in [0.1, 0.15) is 149 Å². The molecule has 680 valence electrons. The van der Waals surface area contributed by atoms with Gasteiger partial charge in [0.25, 0.3) is 43.2 Å². The van der Waals surface area contributed by atoms with Crippen LogP contribution in [0.15, 0.2) is 179 Å². The highest BCUT2D eigenvalue weighted by atomic mass is 35.5. The number of carbonyl (C=O) groups is 2. The summed E-state index contributed by atoms with van der Waals surface area (Å²) in [6.07, 6.45) is 17.6. The number of H-pyrrole nitrogens is 2. The molecule has 4 N–H and O–H groups in total. The number of pyridine rings is 2. The first kappa shape index (κ1) is 91.4.